The zero-order valence-electron chi connectivity index (χ0n) is 10.8. The number of aliphatic hydroxyl groups is 1. The molecular weight excluding hydrogens is 234 g/mol. The van der Waals surface area contributed by atoms with E-state index in [9.17, 15) is 5.11 Å². The molecule has 0 aliphatic carbocycles. The Morgan fingerprint density at radius 1 is 1.29 bits per heavy atom. The van der Waals surface area contributed by atoms with Crippen LogP contribution in [0.1, 0.15) is 25.5 Å². The largest absolute Gasteiger partial charge is 0.491 e. The van der Waals surface area contributed by atoms with Gasteiger partial charge in [-0.25, -0.2) is 0 Å². The van der Waals surface area contributed by atoms with Crippen LogP contribution >= 0.6 is 12.6 Å². The number of thiol groups is 1. The van der Waals surface area contributed by atoms with Crippen LogP contribution in [0.15, 0.2) is 24.3 Å². The third-order valence-electron chi connectivity index (χ3n) is 2.38. The molecule has 0 saturated carbocycles. The fraction of sp³-hybridized carbons (Fsp3) is 0.538. The summed E-state index contributed by atoms with van der Waals surface area (Å²) in [6, 6.07) is 7.51. The van der Waals surface area contributed by atoms with E-state index >= 15 is 0 Å². The Kier molecular flexibility index (Phi) is 5.31. The summed E-state index contributed by atoms with van der Waals surface area (Å²) in [6.45, 7) is 3.95. The van der Waals surface area contributed by atoms with Crippen LogP contribution < -0.4 is 4.74 Å². The molecule has 96 valence electrons. The van der Waals surface area contributed by atoms with Crippen LogP contribution in [0.25, 0.3) is 0 Å². The van der Waals surface area contributed by atoms with Gasteiger partial charge in [-0.05, 0) is 45.6 Å². The van der Waals surface area contributed by atoms with Gasteiger partial charge in [-0.15, -0.1) is 0 Å². The monoisotopic (exact) mass is 255 g/mol. The molecule has 3 nitrogen and oxygen atoms in total. The molecule has 0 fully saturated rings. The standard InChI is InChI=1S/C13H21NO2S/c1-9(2)16-11-7-5-6-10(8-11)12(15)13(17)14(3)4/h5-9,12-13,15,17H,1-4H3. The van der Waals surface area contributed by atoms with Crippen LogP contribution in [0.2, 0.25) is 0 Å². The van der Waals surface area contributed by atoms with E-state index in [1.807, 2.05) is 57.1 Å². The Bertz CT molecular complexity index is 355. The first-order valence-corrected chi connectivity index (χ1v) is 6.22. The van der Waals surface area contributed by atoms with E-state index in [0.29, 0.717) is 0 Å². The Balaban J connectivity index is 2.83. The maximum absolute atomic E-state index is 10.1. The molecule has 0 saturated heterocycles. The molecule has 2 atom stereocenters. The van der Waals surface area contributed by atoms with Crippen molar-refractivity contribution in [2.45, 2.75) is 31.4 Å². The maximum Gasteiger partial charge on any atom is 0.120 e. The molecule has 4 heteroatoms. The molecule has 0 heterocycles. The Hall–Kier alpha value is -0.710. The predicted octanol–water partition coefficient (Wildman–Crippen LogP) is 2.32. The Morgan fingerprint density at radius 2 is 1.94 bits per heavy atom. The molecule has 0 aromatic heterocycles. The second-order valence-corrected chi connectivity index (χ2v) is 5.09. The van der Waals surface area contributed by atoms with Gasteiger partial charge in [-0.1, -0.05) is 12.1 Å². The molecule has 0 amide bonds. The number of rotatable bonds is 5. The lowest BCUT2D eigenvalue weighted by Crippen LogP contribution is -2.29. The van der Waals surface area contributed by atoms with Crippen molar-refractivity contribution in [1.82, 2.24) is 4.90 Å². The summed E-state index contributed by atoms with van der Waals surface area (Å²) < 4.78 is 5.60. The number of likely N-dealkylation sites (N-methyl/N-ethyl adjacent to an activating group) is 1. The first-order chi connectivity index (χ1) is 7.91. The highest BCUT2D eigenvalue weighted by molar-refractivity contribution is 7.80. The molecule has 0 spiro atoms. The van der Waals surface area contributed by atoms with Crippen molar-refractivity contribution >= 4 is 12.6 Å². The number of ether oxygens (including phenoxy) is 1. The second-order valence-electron chi connectivity index (χ2n) is 4.56. The Morgan fingerprint density at radius 3 is 2.47 bits per heavy atom. The SMILES string of the molecule is CC(C)Oc1cccc(C(O)C(S)N(C)C)c1. The van der Waals surface area contributed by atoms with E-state index < -0.39 is 6.10 Å². The lowest BCUT2D eigenvalue weighted by atomic mass is 10.1. The van der Waals surface area contributed by atoms with Crippen molar-refractivity contribution in [3.05, 3.63) is 29.8 Å². The highest BCUT2D eigenvalue weighted by Crippen LogP contribution is 2.25. The number of aliphatic hydroxyl groups excluding tert-OH is 1. The quantitative estimate of drug-likeness (QED) is 0.626. The molecule has 1 aromatic rings. The average Bonchev–Trinajstić information content (AvgIpc) is 2.26. The van der Waals surface area contributed by atoms with Gasteiger partial charge in [0.15, 0.2) is 0 Å². The topological polar surface area (TPSA) is 32.7 Å². The molecule has 0 bridgehead atoms. The van der Waals surface area contributed by atoms with E-state index in [4.69, 9.17) is 4.74 Å². The van der Waals surface area contributed by atoms with E-state index in [-0.39, 0.29) is 11.5 Å². The molecule has 1 rings (SSSR count). The lowest BCUT2D eigenvalue weighted by Gasteiger charge is -2.25. The zero-order valence-corrected chi connectivity index (χ0v) is 11.7. The minimum Gasteiger partial charge on any atom is -0.491 e. The van der Waals surface area contributed by atoms with Crippen molar-refractivity contribution < 1.29 is 9.84 Å². The van der Waals surface area contributed by atoms with Crippen LogP contribution in [0.5, 0.6) is 5.75 Å². The van der Waals surface area contributed by atoms with E-state index in [1.54, 1.807) is 0 Å². The lowest BCUT2D eigenvalue weighted by molar-refractivity contribution is 0.121. The number of nitrogens with zero attached hydrogens (tertiary/aromatic N) is 1. The Labute approximate surface area is 109 Å². The van der Waals surface area contributed by atoms with Crippen LogP contribution in [0.4, 0.5) is 0 Å². The van der Waals surface area contributed by atoms with Crippen molar-refractivity contribution in [3.63, 3.8) is 0 Å². The van der Waals surface area contributed by atoms with Gasteiger partial charge in [-0.2, -0.15) is 12.6 Å². The van der Waals surface area contributed by atoms with Crippen LogP contribution in [0.3, 0.4) is 0 Å². The maximum atomic E-state index is 10.1. The predicted molar refractivity (Wildman–Crippen MR) is 73.6 cm³/mol. The summed E-state index contributed by atoms with van der Waals surface area (Å²) in [5.74, 6) is 0.774. The summed E-state index contributed by atoms with van der Waals surface area (Å²) >= 11 is 4.37. The molecule has 0 aliphatic heterocycles. The van der Waals surface area contributed by atoms with Crippen LogP contribution in [-0.2, 0) is 0 Å². The molecule has 1 aromatic carbocycles. The fourth-order valence-electron chi connectivity index (χ4n) is 1.50. The van der Waals surface area contributed by atoms with Gasteiger partial charge in [0, 0.05) is 0 Å². The van der Waals surface area contributed by atoms with Crippen LogP contribution in [0, 0.1) is 0 Å². The van der Waals surface area contributed by atoms with Crippen molar-refractivity contribution in [1.29, 1.82) is 0 Å². The van der Waals surface area contributed by atoms with Gasteiger partial charge in [-0.3, -0.25) is 4.90 Å². The second kappa shape index (κ2) is 6.28. The molecule has 17 heavy (non-hydrogen) atoms. The number of benzene rings is 1. The minimum atomic E-state index is -0.635. The third kappa shape index (κ3) is 4.22. The van der Waals surface area contributed by atoms with E-state index in [1.165, 1.54) is 0 Å². The summed E-state index contributed by atoms with van der Waals surface area (Å²) in [5.41, 5.74) is 0.817. The third-order valence-corrected chi connectivity index (χ3v) is 3.13. The smallest absolute Gasteiger partial charge is 0.120 e. The molecule has 1 N–H and O–H groups in total. The van der Waals surface area contributed by atoms with Gasteiger partial charge in [0.05, 0.1) is 11.5 Å². The van der Waals surface area contributed by atoms with Gasteiger partial charge >= 0.3 is 0 Å². The van der Waals surface area contributed by atoms with E-state index in [0.717, 1.165) is 11.3 Å². The van der Waals surface area contributed by atoms with Gasteiger partial charge in [0.1, 0.15) is 11.9 Å². The normalized spacial score (nSPS) is 15.1. The number of hydrogen-bond donors (Lipinski definition) is 2. The first kappa shape index (κ1) is 14.4. The van der Waals surface area contributed by atoms with Crippen molar-refractivity contribution in [2.75, 3.05) is 14.1 Å². The highest BCUT2D eigenvalue weighted by Gasteiger charge is 2.19. The minimum absolute atomic E-state index is 0.128. The number of hydrogen-bond acceptors (Lipinski definition) is 4. The van der Waals surface area contributed by atoms with Gasteiger partial charge in [0.25, 0.3) is 0 Å². The fourth-order valence-corrected chi connectivity index (χ4v) is 1.67. The molecule has 0 aliphatic rings. The summed E-state index contributed by atoms with van der Waals surface area (Å²) in [6.07, 6.45) is -0.507. The molecule has 0 radical (unpaired) electrons. The van der Waals surface area contributed by atoms with Gasteiger partial charge < -0.3 is 9.84 Å². The van der Waals surface area contributed by atoms with E-state index in [2.05, 4.69) is 12.6 Å². The zero-order chi connectivity index (χ0) is 13.0. The average molecular weight is 255 g/mol. The summed E-state index contributed by atoms with van der Waals surface area (Å²) in [7, 11) is 3.77. The first-order valence-electron chi connectivity index (χ1n) is 5.71. The van der Waals surface area contributed by atoms with Crippen LogP contribution in [-0.4, -0.2) is 35.6 Å². The molecular formula is C13H21NO2S. The highest BCUT2D eigenvalue weighted by atomic mass is 32.1. The van der Waals surface area contributed by atoms with Crippen molar-refractivity contribution in [2.24, 2.45) is 0 Å². The molecule has 2 unspecified atom stereocenters. The summed E-state index contributed by atoms with van der Waals surface area (Å²) in [4.78, 5) is 1.86. The van der Waals surface area contributed by atoms with Crippen molar-refractivity contribution in [3.8, 4) is 5.75 Å². The summed E-state index contributed by atoms with van der Waals surface area (Å²) in [5, 5.41) is 9.91. The van der Waals surface area contributed by atoms with Gasteiger partial charge in [0.2, 0.25) is 0 Å².